The lowest BCUT2D eigenvalue weighted by atomic mass is 9.90. The largest absolute Gasteiger partial charge is 0.384 e. The summed E-state index contributed by atoms with van der Waals surface area (Å²) in [6.07, 6.45) is 1.85. The van der Waals surface area contributed by atoms with Gasteiger partial charge in [-0.15, -0.1) is 0 Å². The third-order valence-electron chi connectivity index (χ3n) is 2.72. The van der Waals surface area contributed by atoms with E-state index in [0.717, 1.165) is 35.7 Å². The number of hydrogen-bond acceptors (Lipinski definition) is 2. The van der Waals surface area contributed by atoms with Crippen molar-refractivity contribution in [2.45, 2.75) is 33.6 Å². The van der Waals surface area contributed by atoms with Crippen LogP contribution in [0.15, 0.2) is 18.2 Å². The first-order valence-electron chi connectivity index (χ1n) is 5.86. The van der Waals surface area contributed by atoms with Crippen LogP contribution in [-0.4, -0.2) is 6.54 Å². The van der Waals surface area contributed by atoms with Gasteiger partial charge in [-0.3, -0.25) is 0 Å². The summed E-state index contributed by atoms with van der Waals surface area (Å²) in [5.41, 5.74) is 1.89. The zero-order chi connectivity index (χ0) is 12.9. The first kappa shape index (κ1) is 13.9. The highest BCUT2D eigenvalue weighted by atomic mass is 35.5. The van der Waals surface area contributed by atoms with Gasteiger partial charge < -0.3 is 5.32 Å². The highest BCUT2D eigenvalue weighted by molar-refractivity contribution is 6.33. The normalized spacial score (nSPS) is 11.0. The zero-order valence-corrected chi connectivity index (χ0v) is 11.4. The van der Waals surface area contributed by atoms with Crippen molar-refractivity contribution in [3.63, 3.8) is 0 Å². The van der Waals surface area contributed by atoms with Gasteiger partial charge in [-0.2, -0.15) is 5.26 Å². The van der Waals surface area contributed by atoms with E-state index in [4.69, 9.17) is 16.9 Å². The van der Waals surface area contributed by atoms with Gasteiger partial charge in [0.25, 0.3) is 0 Å². The number of rotatable bonds is 5. The van der Waals surface area contributed by atoms with Crippen LogP contribution in [0.25, 0.3) is 0 Å². The molecular formula is C14H19ClN2. The predicted octanol–water partition coefficient (Wildman–Crippen LogP) is 4.39. The molecule has 1 rings (SSSR count). The monoisotopic (exact) mass is 250 g/mol. The number of halogens is 1. The van der Waals surface area contributed by atoms with Crippen LogP contribution in [0.5, 0.6) is 0 Å². The summed E-state index contributed by atoms with van der Waals surface area (Å²) in [6.45, 7) is 6.79. The average molecular weight is 251 g/mol. The number of benzene rings is 1. The molecule has 0 heterocycles. The number of anilines is 1. The number of nitrogens with zero attached hydrogens (tertiary/aromatic N) is 1. The maximum absolute atomic E-state index is 8.89. The van der Waals surface area contributed by atoms with Gasteiger partial charge >= 0.3 is 0 Å². The van der Waals surface area contributed by atoms with Gasteiger partial charge in [-0.25, -0.2) is 0 Å². The SMILES string of the molecule is Cc1ccc(NCCCC(C)(C)C#N)c(Cl)c1. The lowest BCUT2D eigenvalue weighted by molar-refractivity contribution is 0.441. The van der Waals surface area contributed by atoms with Gasteiger partial charge in [0, 0.05) is 6.54 Å². The smallest absolute Gasteiger partial charge is 0.0683 e. The molecule has 0 saturated carbocycles. The Bertz CT molecular complexity index is 419. The Labute approximate surface area is 109 Å². The molecule has 0 saturated heterocycles. The van der Waals surface area contributed by atoms with Gasteiger partial charge in [-0.1, -0.05) is 17.7 Å². The van der Waals surface area contributed by atoms with Crippen LogP contribution in [0.1, 0.15) is 32.3 Å². The van der Waals surface area contributed by atoms with Gasteiger partial charge in [0.2, 0.25) is 0 Å². The van der Waals surface area contributed by atoms with Crippen molar-refractivity contribution in [3.8, 4) is 6.07 Å². The molecule has 3 heteroatoms. The Hall–Kier alpha value is -1.20. The number of nitrogens with one attached hydrogen (secondary N) is 1. The molecule has 2 nitrogen and oxygen atoms in total. The van der Waals surface area contributed by atoms with Crippen molar-refractivity contribution in [1.82, 2.24) is 0 Å². The fraction of sp³-hybridized carbons (Fsp3) is 0.500. The minimum absolute atomic E-state index is 0.237. The Morgan fingerprint density at radius 3 is 2.71 bits per heavy atom. The molecule has 0 bridgehead atoms. The van der Waals surface area contributed by atoms with E-state index in [-0.39, 0.29) is 5.41 Å². The van der Waals surface area contributed by atoms with E-state index in [1.165, 1.54) is 0 Å². The van der Waals surface area contributed by atoms with Gasteiger partial charge in [0.05, 0.1) is 22.2 Å². The van der Waals surface area contributed by atoms with E-state index >= 15 is 0 Å². The zero-order valence-electron chi connectivity index (χ0n) is 10.7. The van der Waals surface area contributed by atoms with Gasteiger partial charge in [-0.05, 0) is 51.3 Å². The second-order valence-electron chi connectivity index (χ2n) is 5.01. The first-order valence-corrected chi connectivity index (χ1v) is 6.24. The summed E-state index contributed by atoms with van der Waals surface area (Å²) in [5.74, 6) is 0. The van der Waals surface area contributed by atoms with Crippen LogP contribution in [0.3, 0.4) is 0 Å². The van der Waals surface area contributed by atoms with E-state index in [0.29, 0.717) is 0 Å². The molecule has 0 unspecified atom stereocenters. The molecule has 0 aliphatic rings. The molecule has 0 fully saturated rings. The topological polar surface area (TPSA) is 35.8 Å². The molecule has 0 radical (unpaired) electrons. The number of hydrogen-bond donors (Lipinski definition) is 1. The molecular weight excluding hydrogens is 232 g/mol. The van der Waals surface area contributed by atoms with Crippen molar-refractivity contribution in [1.29, 1.82) is 5.26 Å². The molecule has 0 amide bonds. The fourth-order valence-electron chi connectivity index (χ4n) is 1.57. The maximum atomic E-state index is 8.89. The standard InChI is InChI=1S/C14H19ClN2/c1-11-5-6-13(12(15)9-11)17-8-4-7-14(2,3)10-16/h5-6,9,17H,4,7-8H2,1-3H3. The Morgan fingerprint density at radius 2 is 2.12 bits per heavy atom. The Morgan fingerprint density at radius 1 is 1.41 bits per heavy atom. The van der Waals surface area contributed by atoms with Crippen molar-refractivity contribution < 1.29 is 0 Å². The van der Waals surface area contributed by atoms with Crippen LogP contribution in [0.4, 0.5) is 5.69 Å². The predicted molar refractivity (Wildman–Crippen MR) is 73.3 cm³/mol. The summed E-state index contributed by atoms with van der Waals surface area (Å²) in [7, 11) is 0. The third kappa shape index (κ3) is 4.66. The molecule has 0 atom stereocenters. The number of nitriles is 1. The van der Waals surface area contributed by atoms with E-state index in [2.05, 4.69) is 11.4 Å². The fourth-order valence-corrected chi connectivity index (χ4v) is 1.87. The van der Waals surface area contributed by atoms with Crippen LogP contribution in [-0.2, 0) is 0 Å². The number of aryl methyl sites for hydroxylation is 1. The maximum Gasteiger partial charge on any atom is 0.0683 e. The second-order valence-corrected chi connectivity index (χ2v) is 5.42. The summed E-state index contributed by atoms with van der Waals surface area (Å²) in [5, 5.41) is 12.9. The van der Waals surface area contributed by atoms with Crippen LogP contribution < -0.4 is 5.32 Å². The quantitative estimate of drug-likeness (QED) is 0.787. The summed E-state index contributed by atoms with van der Waals surface area (Å²) in [6, 6.07) is 8.28. The molecule has 0 spiro atoms. The van der Waals surface area contributed by atoms with Crippen molar-refractivity contribution in [2.24, 2.45) is 5.41 Å². The van der Waals surface area contributed by atoms with E-state index in [1.807, 2.05) is 39.0 Å². The van der Waals surface area contributed by atoms with E-state index in [1.54, 1.807) is 0 Å². The Balaban J connectivity index is 2.39. The molecule has 92 valence electrons. The van der Waals surface area contributed by atoms with Crippen LogP contribution in [0.2, 0.25) is 5.02 Å². The van der Waals surface area contributed by atoms with Crippen LogP contribution >= 0.6 is 11.6 Å². The lowest BCUT2D eigenvalue weighted by Crippen LogP contribution is -2.11. The molecule has 0 aliphatic carbocycles. The summed E-state index contributed by atoms with van der Waals surface area (Å²) in [4.78, 5) is 0. The Kier molecular flexibility index (Phi) is 4.84. The molecule has 1 N–H and O–H groups in total. The van der Waals surface area contributed by atoms with E-state index in [9.17, 15) is 0 Å². The summed E-state index contributed by atoms with van der Waals surface area (Å²) >= 11 is 6.11. The first-order chi connectivity index (χ1) is 7.94. The van der Waals surface area contributed by atoms with E-state index < -0.39 is 0 Å². The lowest BCUT2D eigenvalue weighted by Gasteiger charge is -2.15. The highest BCUT2D eigenvalue weighted by Crippen LogP contribution is 2.24. The molecule has 0 aromatic heterocycles. The van der Waals surface area contributed by atoms with Crippen LogP contribution in [0, 0.1) is 23.7 Å². The van der Waals surface area contributed by atoms with Crippen molar-refractivity contribution in [2.75, 3.05) is 11.9 Å². The molecule has 1 aromatic carbocycles. The second kappa shape index (κ2) is 5.93. The molecule has 1 aromatic rings. The molecule has 0 aliphatic heterocycles. The van der Waals surface area contributed by atoms with Gasteiger partial charge in [0.15, 0.2) is 0 Å². The van der Waals surface area contributed by atoms with Gasteiger partial charge in [0.1, 0.15) is 0 Å². The summed E-state index contributed by atoms with van der Waals surface area (Å²) < 4.78 is 0. The highest BCUT2D eigenvalue weighted by Gasteiger charge is 2.15. The minimum Gasteiger partial charge on any atom is -0.384 e. The molecule has 17 heavy (non-hydrogen) atoms. The van der Waals surface area contributed by atoms with Crippen molar-refractivity contribution >= 4 is 17.3 Å². The van der Waals surface area contributed by atoms with Crippen molar-refractivity contribution in [3.05, 3.63) is 28.8 Å². The third-order valence-corrected chi connectivity index (χ3v) is 3.03. The minimum atomic E-state index is -0.237. The average Bonchev–Trinajstić information content (AvgIpc) is 2.27.